The molecule has 1 aliphatic heterocycles. The van der Waals surface area contributed by atoms with Gasteiger partial charge < -0.3 is 14.9 Å². The van der Waals surface area contributed by atoms with Gasteiger partial charge in [0.05, 0.1) is 6.61 Å². The van der Waals surface area contributed by atoms with Crippen molar-refractivity contribution >= 4 is 17.7 Å². The first-order chi connectivity index (χ1) is 9.00. The van der Waals surface area contributed by atoms with Crippen molar-refractivity contribution in [2.75, 3.05) is 6.61 Å². The van der Waals surface area contributed by atoms with Crippen molar-refractivity contribution in [1.82, 2.24) is 0 Å². The van der Waals surface area contributed by atoms with Crippen LogP contribution in [0.1, 0.15) is 19.3 Å². The number of carbonyl (C=O) groups is 3. The lowest BCUT2D eigenvalue weighted by molar-refractivity contribution is -0.134. The number of carboxylic acids is 2. The molecular weight excluding hydrogens is 252 g/mol. The lowest BCUT2D eigenvalue weighted by atomic mass is 9.96. The highest BCUT2D eigenvalue weighted by atomic mass is 16.5. The van der Waals surface area contributed by atoms with Crippen molar-refractivity contribution in [3.05, 3.63) is 35.6 Å². The zero-order valence-corrected chi connectivity index (χ0v) is 10.2. The molecule has 2 aliphatic rings. The first kappa shape index (κ1) is 14.7. The highest BCUT2D eigenvalue weighted by Crippen LogP contribution is 2.25. The highest BCUT2D eigenvalue weighted by molar-refractivity contribution is 5.97. The third-order valence-corrected chi connectivity index (χ3v) is 2.42. The number of ketones is 1. The van der Waals surface area contributed by atoms with Gasteiger partial charge in [-0.1, -0.05) is 6.08 Å². The summed E-state index contributed by atoms with van der Waals surface area (Å²) in [6.45, 7) is 0.558. The summed E-state index contributed by atoms with van der Waals surface area (Å²) >= 11 is 0. The van der Waals surface area contributed by atoms with Gasteiger partial charge in [0.2, 0.25) is 0 Å². The van der Waals surface area contributed by atoms with Gasteiger partial charge in [0.25, 0.3) is 0 Å². The van der Waals surface area contributed by atoms with Gasteiger partial charge in [-0.2, -0.15) is 0 Å². The molecule has 1 heterocycles. The number of carboxylic acid groups (broad SMARTS) is 2. The summed E-state index contributed by atoms with van der Waals surface area (Å²) in [4.78, 5) is 30.4. The quantitative estimate of drug-likeness (QED) is 0.730. The summed E-state index contributed by atoms with van der Waals surface area (Å²) in [7, 11) is 0. The Balaban J connectivity index is 0.000000203. The van der Waals surface area contributed by atoms with Gasteiger partial charge in [0, 0.05) is 24.1 Å². The summed E-state index contributed by atoms with van der Waals surface area (Å²) in [5.41, 5.74) is 0.902. The molecule has 0 spiro atoms. The minimum absolute atomic E-state index is 0.274. The Kier molecular flexibility index (Phi) is 5.53. The predicted octanol–water partition coefficient (Wildman–Crippen LogP) is 1.29. The molecule has 2 N–H and O–H groups in total. The maximum Gasteiger partial charge on any atom is 0.328 e. The van der Waals surface area contributed by atoms with Crippen molar-refractivity contribution in [3.8, 4) is 0 Å². The first-order valence-corrected chi connectivity index (χ1v) is 5.70. The molecule has 19 heavy (non-hydrogen) atoms. The number of aliphatic carboxylic acids is 2. The number of hydrogen-bond acceptors (Lipinski definition) is 4. The second-order valence-electron chi connectivity index (χ2n) is 3.82. The van der Waals surface area contributed by atoms with Crippen LogP contribution in [0.2, 0.25) is 0 Å². The van der Waals surface area contributed by atoms with Crippen LogP contribution in [0.15, 0.2) is 35.6 Å². The van der Waals surface area contributed by atoms with Gasteiger partial charge in [-0.05, 0) is 18.9 Å². The predicted molar refractivity (Wildman–Crippen MR) is 65.4 cm³/mol. The highest BCUT2D eigenvalue weighted by Gasteiger charge is 2.21. The Morgan fingerprint density at radius 1 is 1.16 bits per heavy atom. The number of Topliss-reactive ketones (excluding diaryl/α,β-unsaturated/α-hetero) is 1. The summed E-state index contributed by atoms with van der Waals surface area (Å²) in [5.74, 6) is -1.43. The van der Waals surface area contributed by atoms with Gasteiger partial charge in [-0.15, -0.1) is 0 Å². The van der Waals surface area contributed by atoms with E-state index in [-0.39, 0.29) is 5.78 Å². The average Bonchev–Trinajstić information content (AvgIpc) is 2.38. The zero-order chi connectivity index (χ0) is 14.3. The molecule has 0 bridgehead atoms. The van der Waals surface area contributed by atoms with Crippen LogP contribution < -0.4 is 0 Å². The molecule has 0 aromatic rings. The second-order valence-corrected chi connectivity index (χ2v) is 3.82. The minimum Gasteiger partial charge on any atom is -0.493 e. The van der Waals surface area contributed by atoms with Crippen LogP contribution in [-0.2, 0) is 19.1 Å². The van der Waals surface area contributed by atoms with Crippen LogP contribution in [0.25, 0.3) is 0 Å². The fraction of sp³-hybridized carbons (Fsp3) is 0.308. The Bertz CT molecular complexity index is 454. The molecule has 6 nitrogen and oxygen atoms in total. The average molecular weight is 266 g/mol. The normalized spacial score (nSPS) is 17.4. The van der Waals surface area contributed by atoms with Gasteiger partial charge in [-0.3, -0.25) is 4.79 Å². The van der Waals surface area contributed by atoms with Crippen molar-refractivity contribution in [1.29, 1.82) is 0 Å². The summed E-state index contributed by atoms with van der Waals surface area (Å²) in [6.07, 6.45) is 7.49. The Morgan fingerprint density at radius 2 is 1.79 bits per heavy atom. The molecular formula is C13H14O6. The lowest BCUT2D eigenvalue weighted by Crippen LogP contribution is -2.17. The molecule has 0 amide bonds. The van der Waals surface area contributed by atoms with E-state index < -0.39 is 11.9 Å². The standard InChI is InChI=1S/C9H10O2.C4H4O4/c10-8-5-6-11-9-4-2-1-3-7(8)9;5-3(6)1-2-4(7)8/h2,4H,1,3,5-6H2;1-2H,(H,5,6)(H,7,8)/b;2-1+. The maximum atomic E-state index is 11.3. The monoisotopic (exact) mass is 266 g/mol. The molecule has 102 valence electrons. The number of rotatable bonds is 2. The molecule has 0 fully saturated rings. The smallest absolute Gasteiger partial charge is 0.328 e. The SMILES string of the molecule is O=C(O)/C=C/C(=O)O.O=C1CCOC2=C1CCC=C2. The van der Waals surface area contributed by atoms with E-state index in [0.717, 1.165) is 24.2 Å². The Morgan fingerprint density at radius 3 is 2.32 bits per heavy atom. The molecule has 0 aromatic carbocycles. The van der Waals surface area contributed by atoms with Crippen LogP contribution in [0.3, 0.4) is 0 Å². The van der Waals surface area contributed by atoms with E-state index in [2.05, 4.69) is 6.08 Å². The Labute approximate surface area is 109 Å². The van der Waals surface area contributed by atoms with E-state index in [1.807, 2.05) is 6.08 Å². The van der Waals surface area contributed by atoms with E-state index in [0.29, 0.717) is 25.2 Å². The van der Waals surface area contributed by atoms with E-state index >= 15 is 0 Å². The van der Waals surface area contributed by atoms with Crippen molar-refractivity contribution in [2.24, 2.45) is 0 Å². The number of carbonyl (C=O) groups excluding carboxylic acids is 1. The minimum atomic E-state index is -1.26. The summed E-state index contributed by atoms with van der Waals surface area (Å²) in [5, 5.41) is 15.6. The third-order valence-electron chi connectivity index (χ3n) is 2.42. The molecule has 2 rings (SSSR count). The lowest BCUT2D eigenvalue weighted by Gasteiger charge is -2.20. The Hall–Kier alpha value is -2.37. The van der Waals surface area contributed by atoms with Gasteiger partial charge in [0.1, 0.15) is 5.76 Å². The van der Waals surface area contributed by atoms with Gasteiger partial charge >= 0.3 is 11.9 Å². The van der Waals surface area contributed by atoms with Crippen LogP contribution in [-0.4, -0.2) is 34.5 Å². The largest absolute Gasteiger partial charge is 0.493 e. The van der Waals surface area contributed by atoms with E-state index in [9.17, 15) is 14.4 Å². The van der Waals surface area contributed by atoms with Crippen molar-refractivity contribution < 1.29 is 29.3 Å². The molecule has 0 unspecified atom stereocenters. The molecule has 0 saturated carbocycles. The third kappa shape index (κ3) is 5.20. The van der Waals surface area contributed by atoms with Crippen LogP contribution in [0.4, 0.5) is 0 Å². The van der Waals surface area contributed by atoms with Crippen molar-refractivity contribution in [2.45, 2.75) is 19.3 Å². The van der Waals surface area contributed by atoms with Crippen LogP contribution in [0, 0.1) is 0 Å². The molecule has 1 aliphatic carbocycles. The second kappa shape index (κ2) is 7.15. The summed E-state index contributed by atoms with van der Waals surface area (Å²) in [6, 6.07) is 0. The van der Waals surface area contributed by atoms with E-state index in [1.54, 1.807) is 0 Å². The first-order valence-electron chi connectivity index (χ1n) is 5.70. The number of hydrogen-bond donors (Lipinski definition) is 2. The maximum absolute atomic E-state index is 11.3. The fourth-order valence-corrected chi connectivity index (χ4v) is 1.60. The topological polar surface area (TPSA) is 101 Å². The van der Waals surface area contributed by atoms with Gasteiger partial charge in [-0.25, -0.2) is 9.59 Å². The van der Waals surface area contributed by atoms with E-state index in [1.165, 1.54) is 0 Å². The fourth-order valence-electron chi connectivity index (χ4n) is 1.60. The zero-order valence-electron chi connectivity index (χ0n) is 10.2. The van der Waals surface area contributed by atoms with Gasteiger partial charge in [0.15, 0.2) is 5.78 Å². The summed E-state index contributed by atoms with van der Waals surface area (Å²) < 4.78 is 5.32. The van der Waals surface area contributed by atoms with Crippen LogP contribution in [0.5, 0.6) is 0 Å². The number of allylic oxidation sites excluding steroid dienone is 3. The van der Waals surface area contributed by atoms with E-state index in [4.69, 9.17) is 14.9 Å². The molecule has 0 radical (unpaired) electrons. The van der Waals surface area contributed by atoms with Crippen LogP contribution >= 0.6 is 0 Å². The molecule has 0 atom stereocenters. The molecule has 0 saturated heterocycles. The molecule has 6 heteroatoms. The van der Waals surface area contributed by atoms with Crippen molar-refractivity contribution in [3.63, 3.8) is 0 Å². The number of ether oxygens (including phenoxy) is 1. The molecule has 0 aromatic heterocycles.